The molecule has 2 aromatic rings. The Hall–Kier alpha value is -1.80. The van der Waals surface area contributed by atoms with E-state index in [9.17, 15) is 4.79 Å². The standard InChI is InChI=1S/C19H18OS/c1-13(14-7-3-2-4-8-14)11-17-15-9-5-6-10-16(15)18(20)12-19(17)21/h2-11,17,19,21H,12H2,1H3/b13-11+. The Bertz CT molecular complexity index is 688. The number of hydrogen-bond acceptors (Lipinski definition) is 2. The lowest BCUT2D eigenvalue weighted by Crippen LogP contribution is -2.24. The molecule has 2 atom stereocenters. The Balaban J connectivity index is 2.02. The monoisotopic (exact) mass is 294 g/mol. The minimum absolute atomic E-state index is 0.0473. The number of carbonyl (C=O) groups is 1. The molecule has 0 radical (unpaired) electrons. The third-order valence-corrected chi connectivity index (χ3v) is 4.59. The Morgan fingerprint density at radius 1 is 1.10 bits per heavy atom. The molecule has 0 heterocycles. The van der Waals surface area contributed by atoms with E-state index in [2.05, 4.69) is 43.8 Å². The van der Waals surface area contributed by atoms with Gasteiger partial charge in [0, 0.05) is 23.2 Å². The molecule has 0 saturated carbocycles. The number of benzene rings is 2. The number of fused-ring (bicyclic) bond motifs is 1. The van der Waals surface area contributed by atoms with Crippen molar-refractivity contribution < 1.29 is 4.79 Å². The molecule has 0 aliphatic heterocycles. The van der Waals surface area contributed by atoms with Gasteiger partial charge in [-0.15, -0.1) is 0 Å². The third-order valence-electron chi connectivity index (χ3n) is 4.09. The number of ketones is 1. The van der Waals surface area contributed by atoms with Crippen LogP contribution in [0.25, 0.3) is 5.57 Å². The molecule has 0 amide bonds. The van der Waals surface area contributed by atoms with Crippen LogP contribution in [0.1, 0.15) is 40.7 Å². The van der Waals surface area contributed by atoms with Crippen molar-refractivity contribution in [3.63, 3.8) is 0 Å². The van der Waals surface area contributed by atoms with Crippen molar-refractivity contribution in [2.45, 2.75) is 24.5 Å². The average molecular weight is 294 g/mol. The van der Waals surface area contributed by atoms with E-state index in [1.807, 2.05) is 36.4 Å². The molecule has 21 heavy (non-hydrogen) atoms. The highest BCUT2D eigenvalue weighted by Gasteiger charge is 2.30. The first-order valence-corrected chi connectivity index (χ1v) is 7.72. The fraction of sp³-hybridized carbons (Fsp3) is 0.211. The molecule has 2 unspecified atom stereocenters. The average Bonchev–Trinajstić information content (AvgIpc) is 2.52. The lowest BCUT2D eigenvalue weighted by molar-refractivity contribution is 0.0972. The van der Waals surface area contributed by atoms with Crippen LogP contribution in [0.15, 0.2) is 60.7 Å². The fourth-order valence-electron chi connectivity index (χ4n) is 2.94. The van der Waals surface area contributed by atoms with E-state index in [0.717, 1.165) is 11.1 Å². The molecule has 1 aliphatic rings. The van der Waals surface area contributed by atoms with Gasteiger partial charge in [-0.3, -0.25) is 4.79 Å². The Labute approximate surface area is 131 Å². The van der Waals surface area contributed by atoms with Crippen LogP contribution in [0.5, 0.6) is 0 Å². The van der Waals surface area contributed by atoms with E-state index < -0.39 is 0 Å². The normalized spacial score (nSPS) is 22.0. The molecule has 0 fully saturated rings. The van der Waals surface area contributed by atoms with Crippen molar-refractivity contribution in [2.75, 3.05) is 0 Å². The fourth-order valence-corrected chi connectivity index (χ4v) is 3.36. The summed E-state index contributed by atoms with van der Waals surface area (Å²) >= 11 is 4.66. The van der Waals surface area contributed by atoms with E-state index in [0.29, 0.717) is 6.42 Å². The summed E-state index contributed by atoms with van der Waals surface area (Å²) in [5.74, 6) is 0.384. The predicted octanol–water partition coefficient (Wildman–Crippen LogP) is 4.76. The van der Waals surface area contributed by atoms with Crippen molar-refractivity contribution in [2.24, 2.45) is 0 Å². The van der Waals surface area contributed by atoms with Crippen LogP contribution in [-0.4, -0.2) is 11.0 Å². The Morgan fingerprint density at radius 3 is 2.52 bits per heavy atom. The molecular formula is C19H18OS. The number of rotatable bonds is 2. The number of allylic oxidation sites excluding steroid dienone is 2. The minimum atomic E-state index is 0.0473. The molecule has 0 bridgehead atoms. The van der Waals surface area contributed by atoms with Gasteiger partial charge in [0.25, 0.3) is 0 Å². The maximum Gasteiger partial charge on any atom is 0.164 e. The summed E-state index contributed by atoms with van der Waals surface area (Å²) in [7, 11) is 0. The van der Waals surface area contributed by atoms with Gasteiger partial charge in [-0.25, -0.2) is 0 Å². The lowest BCUT2D eigenvalue weighted by Gasteiger charge is -2.28. The maximum absolute atomic E-state index is 12.1. The van der Waals surface area contributed by atoms with Gasteiger partial charge in [0.05, 0.1) is 0 Å². The van der Waals surface area contributed by atoms with Crippen molar-refractivity contribution in [1.29, 1.82) is 0 Å². The van der Waals surface area contributed by atoms with Gasteiger partial charge in [0.2, 0.25) is 0 Å². The van der Waals surface area contributed by atoms with Crippen LogP contribution in [-0.2, 0) is 0 Å². The van der Waals surface area contributed by atoms with Crippen molar-refractivity contribution >= 4 is 24.0 Å². The summed E-state index contributed by atoms with van der Waals surface area (Å²) in [5.41, 5.74) is 4.39. The SMILES string of the molecule is C/C(=C\C1c2ccccc2C(=O)CC1S)c1ccccc1. The van der Waals surface area contributed by atoms with Gasteiger partial charge in [0.1, 0.15) is 0 Å². The zero-order valence-electron chi connectivity index (χ0n) is 12.0. The third kappa shape index (κ3) is 2.81. The first-order chi connectivity index (χ1) is 10.2. The van der Waals surface area contributed by atoms with Gasteiger partial charge >= 0.3 is 0 Å². The topological polar surface area (TPSA) is 17.1 Å². The quantitative estimate of drug-likeness (QED) is 0.790. The van der Waals surface area contributed by atoms with Crippen LogP contribution in [0.4, 0.5) is 0 Å². The van der Waals surface area contributed by atoms with Crippen molar-refractivity contribution in [3.05, 3.63) is 77.4 Å². The highest BCUT2D eigenvalue weighted by atomic mass is 32.1. The van der Waals surface area contributed by atoms with Gasteiger partial charge in [-0.05, 0) is 23.6 Å². The summed E-state index contributed by atoms with van der Waals surface area (Å²) in [6, 6.07) is 18.2. The summed E-state index contributed by atoms with van der Waals surface area (Å²) < 4.78 is 0. The zero-order valence-corrected chi connectivity index (χ0v) is 12.9. The smallest absolute Gasteiger partial charge is 0.164 e. The Morgan fingerprint density at radius 2 is 1.76 bits per heavy atom. The lowest BCUT2D eigenvalue weighted by atomic mass is 9.80. The molecule has 2 heteroatoms. The second-order valence-corrected chi connectivity index (χ2v) is 6.19. The molecule has 2 aromatic carbocycles. The molecule has 0 N–H and O–H groups in total. The van der Waals surface area contributed by atoms with Crippen LogP contribution in [0.2, 0.25) is 0 Å². The van der Waals surface area contributed by atoms with Crippen molar-refractivity contribution in [1.82, 2.24) is 0 Å². The number of carbonyl (C=O) groups excluding carboxylic acids is 1. The van der Waals surface area contributed by atoms with E-state index in [1.165, 1.54) is 11.1 Å². The molecular weight excluding hydrogens is 276 g/mol. The molecule has 106 valence electrons. The number of hydrogen-bond donors (Lipinski definition) is 1. The Kier molecular flexibility index (Phi) is 3.98. The van der Waals surface area contributed by atoms with Gasteiger partial charge in [-0.1, -0.05) is 60.7 Å². The highest BCUT2D eigenvalue weighted by molar-refractivity contribution is 7.81. The van der Waals surface area contributed by atoms with E-state index >= 15 is 0 Å². The second-order valence-electron chi connectivity index (χ2n) is 5.52. The predicted molar refractivity (Wildman–Crippen MR) is 91.0 cm³/mol. The van der Waals surface area contributed by atoms with Crippen LogP contribution in [0.3, 0.4) is 0 Å². The minimum Gasteiger partial charge on any atom is -0.294 e. The second kappa shape index (κ2) is 5.90. The molecule has 0 spiro atoms. The largest absolute Gasteiger partial charge is 0.294 e. The summed E-state index contributed by atoms with van der Waals surface area (Å²) in [6.07, 6.45) is 2.75. The van der Waals surface area contributed by atoms with E-state index in [-0.39, 0.29) is 17.0 Å². The molecule has 1 aliphatic carbocycles. The first-order valence-electron chi connectivity index (χ1n) is 7.21. The molecule has 1 nitrogen and oxygen atoms in total. The van der Waals surface area contributed by atoms with Crippen molar-refractivity contribution in [3.8, 4) is 0 Å². The van der Waals surface area contributed by atoms with E-state index in [1.54, 1.807) is 0 Å². The summed E-state index contributed by atoms with van der Waals surface area (Å²) in [4.78, 5) is 12.1. The van der Waals surface area contributed by atoms with Gasteiger partial charge in [0.15, 0.2) is 5.78 Å². The van der Waals surface area contributed by atoms with Gasteiger partial charge in [-0.2, -0.15) is 12.6 Å². The number of thiol groups is 1. The van der Waals surface area contributed by atoms with Crippen LogP contribution < -0.4 is 0 Å². The zero-order chi connectivity index (χ0) is 14.8. The summed E-state index contributed by atoms with van der Waals surface area (Å²) in [6.45, 7) is 2.12. The number of Topliss-reactive ketones (excluding diaryl/α,β-unsaturated/α-hetero) is 1. The molecule has 0 aromatic heterocycles. The van der Waals surface area contributed by atoms with Crippen LogP contribution in [0, 0.1) is 0 Å². The summed E-state index contributed by atoms with van der Waals surface area (Å²) in [5, 5.41) is 0.0473. The van der Waals surface area contributed by atoms with Gasteiger partial charge < -0.3 is 0 Å². The first kappa shape index (κ1) is 14.2. The molecule has 3 rings (SSSR count). The highest BCUT2D eigenvalue weighted by Crippen LogP contribution is 2.37. The molecule has 0 saturated heterocycles. The maximum atomic E-state index is 12.1. The van der Waals surface area contributed by atoms with E-state index in [4.69, 9.17) is 0 Å². The van der Waals surface area contributed by atoms with Crippen LogP contribution >= 0.6 is 12.6 Å².